The lowest BCUT2D eigenvalue weighted by Crippen LogP contribution is -2.25. The summed E-state index contributed by atoms with van der Waals surface area (Å²) in [6, 6.07) is 3.08. The highest BCUT2D eigenvalue weighted by Gasteiger charge is 2.35. The van der Waals surface area contributed by atoms with E-state index in [1.54, 1.807) is 0 Å². The molecular weight excluding hydrogens is 431 g/mol. The lowest BCUT2D eigenvalue weighted by Gasteiger charge is -2.26. The fourth-order valence-corrected chi connectivity index (χ4v) is 4.70. The summed E-state index contributed by atoms with van der Waals surface area (Å²) in [5.41, 5.74) is 1.17. The van der Waals surface area contributed by atoms with Gasteiger partial charge in [0.25, 0.3) is 5.91 Å². The van der Waals surface area contributed by atoms with Crippen molar-refractivity contribution in [2.24, 2.45) is 0 Å². The number of carbonyl (C=O) groups is 1. The van der Waals surface area contributed by atoms with Gasteiger partial charge in [-0.05, 0) is 38.8 Å². The average Bonchev–Trinajstić information content (AvgIpc) is 3.25. The van der Waals surface area contributed by atoms with Gasteiger partial charge >= 0.3 is 6.18 Å². The molecule has 1 aliphatic carbocycles. The number of amides is 1. The van der Waals surface area contributed by atoms with Gasteiger partial charge in [0.1, 0.15) is 5.56 Å². The summed E-state index contributed by atoms with van der Waals surface area (Å²) < 4.78 is 43.2. The van der Waals surface area contributed by atoms with Crippen LogP contribution >= 0.6 is 11.6 Å². The third-order valence-electron chi connectivity index (χ3n) is 5.92. The third kappa shape index (κ3) is 4.15. The molecule has 4 rings (SSSR count). The highest BCUT2D eigenvalue weighted by Crippen LogP contribution is 2.34. The zero-order valence-corrected chi connectivity index (χ0v) is 18.0. The number of fused-ring (bicyclic) bond motifs is 1. The van der Waals surface area contributed by atoms with Gasteiger partial charge in [0, 0.05) is 23.6 Å². The van der Waals surface area contributed by atoms with Crippen LogP contribution in [0.15, 0.2) is 18.3 Å². The zero-order chi connectivity index (χ0) is 22.3. The van der Waals surface area contributed by atoms with E-state index in [0.717, 1.165) is 34.7 Å². The van der Waals surface area contributed by atoms with E-state index in [2.05, 4.69) is 20.1 Å². The van der Waals surface area contributed by atoms with Gasteiger partial charge in [-0.15, -0.1) is 10.2 Å². The van der Waals surface area contributed by atoms with Crippen molar-refractivity contribution in [3.8, 4) is 0 Å². The van der Waals surface area contributed by atoms with E-state index in [0.29, 0.717) is 11.6 Å². The molecule has 0 radical (unpaired) electrons. The Morgan fingerprint density at radius 2 is 1.90 bits per heavy atom. The van der Waals surface area contributed by atoms with E-state index in [1.807, 2.05) is 19.9 Å². The zero-order valence-electron chi connectivity index (χ0n) is 17.3. The largest absolute Gasteiger partial charge is 0.420 e. The smallest absolute Gasteiger partial charge is 0.345 e. The molecule has 1 N–H and O–H groups in total. The van der Waals surface area contributed by atoms with Crippen LogP contribution in [0.4, 0.5) is 13.2 Å². The van der Waals surface area contributed by atoms with Crippen molar-refractivity contribution in [3.05, 3.63) is 51.7 Å². The normalized spacial score (nSPS) is 15.5. The van der Waals surface area contributed by atoms with Gasteiger partial charge in [-0.25, -0.2) is 0 Å². The first-order valence-corrected chi connectivity index (χ1v) is 10.6. The summed E-state index contributed by atoms with van der Waals surface area (Å²) in [7, 11) is 0. The Balaban J connectivity index is 1.56. The van der Waals surface area contributed by atoms with Gasteiger partial charge in [-0.2, -0.15) is 13.2 Å². The molecule has 6 nitrogen and oxygen atoms in total. The number of nitrogens with one attached hydrogen (secondary N) is 1. The predicted molar refractivity (Wildman–Crippen MR) is 110 cm³/mol. The first-order valence-electron chi connectivity index (χ1n) is 10.2. The van der Waals surface area contributed by atoms with E-state index < -0.39 is 11.7 Å². The second kappa shape index (κ2) is 8.18. The second-order valence-corrected chi connectivity index (χ2v) is 8.45. The molecule has 0 unspecified atom stereocenters. The Morgan fingerprint density at radius 1 is 1.19 bits per heavy atom. The van der Waals surface area contributed by atoms with Crippen molar-refractivity contribution in [1.82, 2.24) is 24.5 Å². The van der Waals surface area contributed by atoms with Crippen LogP contribution in [0, 0.1) is 13.8 Å². The van der Waals surface area contributed by atoms with E-state index in [1.165, 1.54) is 25.5 Å². The van der Waals surface area contributed by atoms with Crippen LogP contribution < -0.4 is 5.32 Å². The number of aromatic nitrogens is 4. The molecule has 0 bridgehead atoms. The van der Waals surface area contributed by atoms with E-state index in [9.17, 15) is 18.0 Å². The maximum absolute atomic E-state index is 13.3. The lowest BCUT2D eigenvalue weighted by molar-refractivity contribution is -0.136. The summed E-state index contributed by atoms with van der Waals surface area (Å²) in [5.74, 6) is -0.137. The molecule has 0 spiro atoms. The number of halogens is 4. The van der Waals surface area contributed by atoms with Crippen LogP contribution in [0.25, 0.3) is 5.65 Å². The number of hydrogen-bond donors (Lipinski definition) is 1. The molecule has 1 amide bonds. The third-order valence-corrected chi connectivity index (χ3v) is 6.13. The van der Waals surface area contributed by atoms with Crippen molar-refractivity contribution in [2.75, 3.05) is 0 Å². The first kappa shape index (κ1) is 21.7. The SMILES string of the molecule is Cc1cc(C(=O)NCc2nnc3c(C(F)(F)F)cc(Cl)cn23)c(C)n1C1CCCCC1. The van der Waals surface area contributed by atoms with Gasteiger partial charge < -0.3 is 9.88 Å². The highest BCUT2D eigenvalue weighted by molar-refractivity contribution is 6.30. The van der Waals surface area contributed by atoms with Crippen molar-refractivity contribution in [3.63, 3.8) is 0 Å². The summed E-state index contributed by atoms with van der Waals surface area (Å²) >= 11 is 5.87. The predicted octanol–water partition coefficient (Wildman–Crippen LogP) is 5.26. The molecule has 0 aliphatic heterocycles. The quantitative estimate of drug-likeness (QED) is 0.586. The number of nitrogens with zero attached hydrogens (tertiary/aromatic N) is 4. The molecule has 3 heterocycles. The van der Waals surface area contributed by atoms with Gasteiger partial charge in [-0.1, -0.05) is 30.9 Å². The minimum absolute atomic E-state index is 0.0786. The molecule has 1 aliphatic rings. The van der Waals surface area contributed by atoms with Crippen molar-refractivity contribution >= 4 is 23.2 Å². The molecule has 0 aromatic carbocycles. The molecule has 10 heteroatoms. The molecule has 1 saturated carbocycles. The number of carbonyl (C=O) groups excluding carboxylic acids is 1. The summed E-state index contributed by atoms with van der Waals surface area (Å²) in [5, 5.41) is 10.1. The molecule has 0 saturated heterocycles. The second-order valence-electron chi connectivity index (χ2n) is 8.01. The highest BCUT2D eigenvalue weighted by atomic mass is 35.5. The van der Waals surface area contributed by atoms with Gasteiger partial charge in [-0.3, -0.25) is 9.20 Å². The van der Waals surface area contributed by atoms with E-state index >= 15 is 0 Å². The van der Waals surface area contributed by atoms with Gasteiger partial charge in [0.05, 0.1) is 17.1 Å². The summed E-state index contributed by atoms with van der Waals surface area (Å²) in [6.45, 7) is 3.84. The minimum atomic E-state index is -4.61. The standard InChI is InChI=1S/C21H23ClF3N5O/c1-12-8-16(13(2)30(12)15-6-4-3-5-7-15)20(31)26-10-18-27-28-19-17(21(23,24)25)9-14(22)11-29(18)19/h8-9,11,15H,3-7,10H2,1-2H3,(H,26,31). The van der Waals surface area contributed by atoms with E-state index in [4.69, 9.17) is 11.6 Å². The van der Waals surface area contributed by atoms with Gasteiger partial charge in [0.15, 0.2) is 11.5 Å². The van der Waals surface area contributed by atoms with Crippen LogP contribution in [-0.4, -0.2) is 25.1 Å². The van der Waals surface area contributed by atoms with Crippen LogP contribution in [0.3, 0.4) is 0 Å². The lowest BCUT2D eigenvalue weighted by atomic mass is 9.95. The average molecular weight is 454 g/mol. The van der Waals surface area contributed by atoms with Crippen LogP contribution in [0.5, 0.6) is 0 Å². The maximum Gasteiger partial charge on any atom is 0.420 e. The molecule has 166 valence electrons. The topological polar surface area (TPSA) is 64.2 Å². The number of hydrogen-bond acceptors (Lipinski definition) is 3. The Hall–Kier alpha value is -2.55. The molecule has 3 aromatic heterocycles. The van der Waals surface area contributed by atoms with Gasteiger partial charge in [0.2, 0.25) is 0 Å². The van der Waals surface area contributed by atoms with Crippen LogP contribution in [-0.2, 0) is 12.7 Å². The van der Waals surface area contributed by atoms with Crippen molar-refractivity contribution in [1.29, 1.82) is 0 Å². The molecular formula is C21H23ClF3N5O. The Labute approximate surface area is 182 Å². The van der Waals surface area contributed by atoms with Crippen molar-refractivity contribution in [2.45, 2.75) is 64.7 Å². The fraction of sp³-hybridized carbons (Fsp3) is 0.476. The fourth-order valence-electron chi connectivity index (χ4n) is 4.50. The molecule has 0 atom stereocenters. The first-order chi connectivity index (χ1) is 14.7. The number of alkyl halides is 3. The molecule has 31 heavy (non-hydrogen) atoms. The Bertz CT molecular complexity index is 1130. The molecule has 1 fully saturated rings. The number of pyridine rings is 1. The number of rotatable bonds is 4. The van der Waals surface area contributed by atoms with E-state index in [-0.39, 0.29) is 28.9 Å². The molecule has 3 aromatic rings. The Morgan fingerprint density at radius 3 is 2.58 bits per heavy atom. The minimum Gasteiger partial charge on any atom is -0.345 e. The van der Waals surface area contributed by atoms with Crippen molar-refractivity contribution < 1.29 is 18.0 Å². The van der Waals surface area contributed by atoms with Crippen LogP contribution in [0.2, 0.25) is 5.02 Å². The summed E-state index contributed by atoms with van der Waals surface area (Å²) in [6.07, 6.45) is 2.52. The van der Waals surface area contributed by atoms with Crippen LogP contribution in [0.1, 0.15) is 71.3 Å². The Kier molecular flexibility index (Phi) is 5.72. The monoisotopic (exact) mass is 453 g/mol. The summed E-state index contributed by atoms with van der Waals surface area (Å²) in [4.78, 5) is 12.9. The number of aryl methyl sites for hydroxylation is 1. The maximum atomic E-state index is 13.3.